The van der Waals surface area contributed by atoms with Gasteiger partial charge in [0.2, 0.25) is 10.0 Å². The second-order valence-corrected chi connectivity index (χ2v) is 11.0. The number of nitrogens with zero attached hydrogens (tertiary/aromatic N) is 2. The summed E-state index contributed by atoms with van der Waals surface area (Å²) < 4.78 is 43.4. The van der Waals surface area contributed by atoms with E-state index in [1.807, 2.05) is 0 Å². The highest BCUT2D eigenvalue weighted by molar-refractivity contribution is 7.89. The van der Waals surface area contributed by atoms with Crippen molar-refractivity contribution in [1.82, 2.24) is 9.21 Å². The first-order valence-corrected chi connectivity index (χ1v) is 13.8. The molecule has 38 heavy (non-hydrogen) atoms. The molecule has 1 atom stereocenters. The molecule has 2 aliphatic rings. The first-order valence-electron chi connectivity index (χ1n) is 12.3. The van der Waals surface area contributed by atoms with Gasteiger partial charge >= 0.3 is 0 Å². The number of hydrogen-bond donors (Lipinski definition) is 1. The number of carbonyl (C=O) groups excluding carboxylic acids is 2. The lowest BCUT2D eigenvalue weighted by molar-refractivity contribution is -0.140. The molecule has 0 aromatic heterocycles. The summed E-state index contributed by atoms with van der Waals surface area (Å²) in [6.07, 6.45) is 2.64. The van der Waals surface area contributed by atoms with Gasteiger partial charge in [-0.25, -0.2) is 8.42 Å². The maximum absolute atomic E-state index is 13.2. The molecule has 4 rings (SSSR count). The van der Waals surface area contributed by atoms with Crippen LogP contribution in [0.2, 0.25) is 0 Å². The third kappa shape index (κ3) is 5.13. The van der Waals surface area contributed by atoms with E-state index in [9.17, 15) is 23.1 Å². The number of aliphatic hydroxyl groups excluding tert-OH is 1. The van der Waals surface area contributed by atoms with Crippen LogP contribution in [0.1, 0.15) is 36.4 Å². The molecule has 0 unspecified atom stereocenters. The van der Waals surface area contributed by atoms with Crippen LogP contribution in [0.3, 0.4) is 0 Å². The van der Waals surface area contributed by atoms with Crippen molar-refractivity contribution in [1.29, 1.82) is 0 Å². The van der Waals surface area contributed by atoms with E-state index in [0.29, 0.717) is 30.2 Å². The number of methoxy groups -OCH3 is 3. The van der Waals surface area contributed by atoms with Gasteiger partial charge in [0, 0.05) is 32.3 Å². The average molecular weight is 545 g/mol. The molecule has 1 amide bonds. The van der Waals surface area contributed by atoms with E-state index in [-0.39, 0.29) is 29.2 Å². The number of sulfonamides is 1. The molecule has 0 saturated carbocycles. The molecule has 11 heteroatoms. The van der Waals surface area contributed by atoms with Gasteiger partial charge in [0.1, 0.15) is 5.76 Å². The summed E-state index contributed by atoms with van der Waals surface area (Å²) >= 11 is 0. The molecule has 204 valence electrons. The number of ether oxygens (including phenoxy) is 3. The van der Waals surface area contributed by atoms with Gasteiger partial charge in [-0.15, -0.1) is 0 Å². The summed E-state index contributed by atoms with van der Waals surface area (Å²) in [6, 6.07) is 9.79. The molecule has 2 aromatic carbocycles. The molecule has 0 radical (unpaired) electrons. The van der Waals surface area contributed by atoms with Gasteiger partial charge in [-0.05, 0) is 54.8 Å². The Morgan fingerprint density at radius 2 is 1.61 bits per heavy atom. The lowest BCUT2D eigenvalue weighted by atomic mass is 9.95. The second-order valence-electron chi connectivity index (χ2n) is 9.09. The van der Waals surface area contributed by atoms with Crippen LogP contribution in [0.25, 0.3) is 5.76 Å². The van der Waals surface area contributed by atoms with Crippen LogP contribution < -0.4 is 9.47 Å². The highest BCUT2D eigenvalue weighted by Crippen LogP contribution is 2.42. The van der Waals surface area contributed by atoms with Crippen molar-refractivity contribution in [2.45, 2.75) is 30.2 Å². The Bertz CT molecular complexity index is 1330. The molecule has 2 aromatic rings. The van der Waals surface area contributed by atoms with E-state index >= 15 is 0 Å². The predicted molar refractivity (Wildman–Crippen MR) is 139 cm³/mol. The first kappa shape index (κ1) is 27.6. The second kappa shape index (κ2) is 11.5. The smallest absolute Gasteiger partial charge is 0.295 e. The van der Waals surface area contributed by atoms with Crippen molar-refractivity contribution in [3.05, 3.63) is 59.2 Å². The van der Waals surface area contributed by atoms with Crippen molar-refractivity contribution in [2.75, 3.05) is 47.6 Å². The molecule has 1 N–H and O–H groups in total. The van der Waals surface area contributed by atoms with E-state index in [1.165, 1.54) is 54.8 Å². The molecular weight excluding hydrogens is 512 g/mol. The monoisotopic (exact) mass is 544 g/mol. The number of likely N-dealkylation sites (tertiary alicyclic amines) is 1. The fourth-order valence-electron chi connectivity index (χ4n) is 4.86. The Labute approximate surface area is 222 Å². The quantitative estimate of drug-likeness (QED) is 0.291. The van der Waals surface area contributed by atoms with E-state index in [0.717, 1.165) is 19.3 Å². The number of amides is 1. The van der Waals surface area contributed by atoms with Gasteiger partial charge in [0.15, 0.2) is 11.5 Å². The van der Waals surface area contributed by atoms with Crippen LogP contribution in [-0.4, -0.2) is 82.0 Å². The van der Waals surface area contributed by atoms with Crippen LogP contribution >= 0.6 is 0 Å². The largest absolute Gasteiger partial charge is 0.507 e. The summed E-state index contributed by atoms with van der Waals surface area (Å²) in [6.45, 7) is 1.24. The van der Waals surface area contributed by atoms with Crippen molar-refractivity contribution in [3.8, 4) is 11.5 Å². The number of piperidine rings is 1. The zero-order valence-corrected chi connectivity index (χ0v) is 22.5. The maximum atomic E-state index is 13.2. The summed E-state index contributed by atoms with van der Waals surface area (Å²) in [5.41, 5.74) is 0.645. The van der Waals surface area contributed by atoms with E-state index in [4.69, 9.17) is 14.2 Å². The van der Waals surface area contributed by atoms with Crippen LogP contribution in [0.4, 0.5) is 0 Å². The topological polar surface area (TPSA) is 123 Å². The van der Waals surface area contributed by atoms with Gasteiger partial charge in [-0.3, -0.25) is 9.59 Å². The minimum Gasteiger partial charge on any atom is -0.507 e. The Balaban J connectivity index is 1.77. The van der Waals surface area contributed by atoms with Crippen molar-refractivity contribution in [2.24, 2.45) is 0 Å². The van der Waals surface area contributed by atoms with Gasteiger partial charge < -0.3 is 24.2 Å². The van der Waals surface area contributed by atoms with Gasteiger partial charge in [-0.2, -0.15) is 4.31 Å². The van der Waals surface area contributed by atoms with Crippen molar-refractivity contribution >= 4 is 27.5 Å². The minimum atomic E-state index is -3.66. The fourth-order valence-corrected chi connectivity index (χ4v) is 6.38. The molecular formula is C27H32N2O8S. The standard InChI is InChI=1S/C27H32N2O8S/c1-35-16-15-29-24(19-9-12-21(36-2)22(17-19)37-3)23(26(31)27(29)32)25(30)18-7-10-20(11-8-18)38(33,34)28-13-5-4-6-14-28/h7-12,17,24,30H,4-6,13-16H2,1-3H3/b25-23+/t24-/m1/s1. The van der Waals surface area contributed by atoms with Crippen LogP contribution in [-0.2, 0) is 24.3 Å². The third-order valence-corrected chi connectivity index (χ3v) is 8.79. The lowest BCUT2D eigenvalue weighted by Crippen LogP contribution is -2.35. The van der Waals surface area contributed by atoms with Crippen molar-refractivity contribution < 1.29 is 37.3 Å². The van der Waals surface area contributed by atoms with E-state index in [2.05, 4.69) is 0 Å². The molecule has 0 spiro atoms. The van der Waals surface area contributed by atoms with E-state index in [1.54, 1.807) is 18.2 Å². The summed E-state index contributed by atoms with van der Waals surface area (Å²) in [5, 5.41) is 11.3. The third-order valence-electron chi connectivity index (χ3n) is 6.88. The van der Waals surface area contributed by atoms with Crippen LogP contribution in [0.15, 0.2) is 52.9 Å². The Morgan fingerprint density at radius 3 is 2.21 bits per heavy atom. The molecule has 2 heterocycles. The lowest BCUT2D eigenvalue weighted by Gasteiger charge is -2.26. The van der Waals surface area contributed by atoms with Crippen LogP contribution in [0.5, 0.6) is 11.5 Å². The summed E-state index contributed by atoms with van der Waals surface area (Å²) in [4.78, 5) is 27.6. The predicted octanol–water partition coefficient (Wildman–Crippen LogP) is 2.95. The van der Waals surface area contributed by atoms with Gasteiger partial charge in [0.25, 0.3) is 11.7 Å². The fraction of sp³-hybridized carbons (Fsp3) is 0.407. The Kier molecular flexibility index (Phi) is 8.39. The molecule has 2 aliphatic heterocycles. The first-order chi connectivity index (χ1) is 18.2. The zero-order chi connectivity index (χ0) is 27.4. The number of ketones is 1. The SMILES string of the molecule is COCCN1C(=O)C(=O)/C(=C(/O)c2ccc(S(=O)(=O)N3CCCCC3)cc2)[C@H]1c1ccc(OC)c(OC)c1. The maximum Gasteiger partial charge on any atom is 0.295 e. The number of aliphatic hydroxyl groups is 1. The summed E-state index contributed by atoms with van der Waals surface area (Å²) in [5.74, 6) is -1.15. The zero-order valence-electron chi connectivity index (χ0n) is 21.7. The molecule has 2 fully saturated rings. The van der Waals surface area contributed by atoms with Gasteiger partial charge in [-0.1, -0.05) is 12.5 Å². The van der Waals surface area contributed by atoms with Crippen LogP contribution in [0, 0.1) is 0 Å². The molecule has 0 aliphatic carbocycles. The average Bonchev–Trinajstić information content (AvgIpc) is 3.20. The molecule has 10 nitrogen and oxygen atoms in total. The Hall–Kier alpha value is -3.41. The Morgan fingerprint density at radius 1 is 0.947 bits per heavy atom. The normalized spacial score (nSPS) is 20.1. The molecule has 2 saturated heterocycles. The molecule has 0 bridgehead atoms. The number of benzene rings is 2. The minimum absolute atomic E-state index is 0.105. The number of carbonyl (C=O) groups is 2. The number of rotatable bonds is 9. The highest BCUT2D eigenvalue weighted by atomic mass is 32.2. The number of hydrogen-bond acceptors (Lipinski definition) is 8. The highest BCUT2D eigenvalue weighted by Gasteiger charge is 2.46. The summed E-state index contributed by atoms with van der Waals surface area (Å²) in [7, 11) is 0.797. The van der Waals surface area contributed by atoms with E-state index < -0.39 is 33.5 Å². The van der Waals surface area contributed by atoms with Crippen molar-refractivity contribution in [3.63, 3.8) is 0 Å². The van der Waals surface area contributed by atoms with Gasteiger partial charge in [0.05, 0.1) is 37.3 Å². The number of Topliss-reactive ketones (excluding diaryl/α,β-unsaturated/α-hetero) is 1.